The van der Waals surface area contributed by atoms with Crippen molar-refractivity contribution in [2.75, 3.05) is 5.32 Å². The number of hydrogen-bond acceptors (Lipinski definition) is 5. The Hall–Kier alpha value is -3.32. The molecule has 0 radical (unpaired) electrons. The van der Waals surface area contributed by atoms with Crippen molar-refractivity contribution in [1.29, 1.82) is 0 Å². The number of hydrogen-bond donors (Lipinski definition) is 2. The number of pyridine rings is 1. The van der Waals surface area contributed by atoms with E-state index in [1.807, 2.05) is 18.2 Å². The molecule has 5 nitrogen and oxygen atoms in total. The Bertz CT molecular complexity index is 1360. The smallest absolute Gasteiger partial charge is 0.306 e. The van der Waals surface area contributed by atoms with Crippen molar-refractivity contribution in [3.8, 4) is 10.6 Å². The van der Waals surface area contributed by atoms with Crippen molar-refractivity contribution in [3.63, 3.8) is 0 Å². The number of rotatable bonds is 6. The van der Waals surface area contributed by atoms with Gasteiger partial charge in [0.15, 0.2) is 0 Å². The molecule has 6 rings (SSSR count). The number of halogens is 1. The number of nitrogens with zero attached hydrogens (tertiary/aromatic N) is 2. The maximum Gasteiger partial charge on any atom is 0.306 e. The van der Waals surface area contributed by atoms with E-state index in [0.717, 1.165) is 28.9 Å². The monoisotopic (exact) mass is 459 g/mol. The average Bonchev–Trinajstić information content (AvgIpc) is 3.49. The summed E-state index contributed by atoms with van der Waals surface area (Å²) in [6.07, 6.45) is 3.29. The normalized spacial score (nSPS) is 20.9. The number of carboxylic acid groups (broad SMARTS) is 1. The number of aliphatic carboxylic acids is 1. The third-order valence-electron chi connectivity index (χ3n) is 6.88. The van der Waals surface area contributed by atoms with Crippen LogP contribution in [-0.2, 0) is 10.2 Å². The molecule has 2 aliphatic rings. The van der Waals surface area contributed by atoms with Gasteiger partial charge in [0.1, 0.15) is 21.2 Å². The maximum absolute atomic E-state index is 15.0. The largest absolute Gasteiger partial charge is 0.481 e. The van der Waals surface area contributed by atoms with Crippen molar-refractivity contribution < 1.29 is 14.3 Å². The number of thiazole rings is 1. The summed E-state index contributed by atoms with van der Waals surface area (Å²) in [6.45, 7) is 0. The molecule has 2 N–H and O–H groups in total. The summed E-state index contributed by atoms with van der Waals surface area (Å²) in [4.78, 5) is 21.4. The topological polar surface area (TPSA) is 75.1 Å². The molecule has 2 aromatic heterocycles. The van der Waals surface area contributed by atoms with Crippen LogP contribution in [0.1, 0.15) is 36.9 Å². The predicted octanol–water partition coefficient (Wildman–Crippen LogP) is 5.85. The van der Waals surface area contributed by atoms with Crippen LogP contribution in [0.3, 0.4) is 0 Å². The zero-order valence-electron chi connectivity index (χ0n) is 17.8. The van der Waals surface area contributed by atoms with Gasteiger partial charge in [-0.05, 0) is 61.6 Å². The Balaban J connectivity index is 1.25. The van der Waals surface area contributed by atoms with Crippen LogP contribution < -0.4 is 5.32 Å². The summed E-state index contributed by atoms with van der Waals surface area (Å²) in [7, 11) is 0. The van der Waals surface area contributed by atoms with E-state index < -0.39 is 5.97 Å². The van der Waals surface area contributed by atoms with E-state index >= 15 is 0 Å². The van der Waals surface area contributed by atoms with E-state index in [1.54, 1.807) is 6.07 Å². The van der Waals surface area contributed by atoms with Gasteiger partial charge in [-0.25, -0.2) is 14.4 Å². The minimum absolute atomic E-state index is 0.0145. The van der Waals surface area contributed by atoms with Gasteiger partial charge in [0.05, 0.1) is 11.6 Å². The first kappa shape index (κ1) is 20.3. The number of fused-ring (bicyclic) bond motifs is 1. The van der Waals surface area contributed by atoms with Crippen LogP contribution in [0.15, 0.2) is 60.7 Å². The van der Waals surface area contributed by atoms with Gasteiger partial charge in [-0.2, -0.15) is 0 Å². The molecule has 2 aromatic carbocycles. The van der Waals surface area contributed by atoms with Gasteiger partial charge in [0, 0.05) is 22.7 Å². The molecule has 2 fully saturated rings. The third kappa shape index (κ3) is 3.56. The molecule has 0 spiro atoms. The van der Waals surface area contributed by atoms with E-state index in [0.29, 0.717) is 29.1 Å². The van der Waals surface area contributed by atoms with E-state index in [2.05, 4.69) is 40.6 Å². The highest BCUT2D eigenvalue weighted by Crippen LogP contribution is 2.53. The summed E-state index contributed by atoms with van der Waals surface area (Å²) in [5, 5.41) is 12.8. The fourth-order valence-corrected chi connectivity index (χ4v) is 5.69. The van der Waals surface area contributed by atoms with Crippen LogP contribution in [0, 0.1) is 11.7 Å². The van der Waals surface area contributed by atoms with Gasteiger partial charge >= 0.3 is 5.97 Å². The number of benzene rings is 2. The Morgan fingerprint density at radius 2 is 1.85 bits per heavy atom. The second kappa shape index (κ2) is 7.63. The Morgan fingerprint density at radius 3 is 2.55 bits per heavy atom. The molecule has 0 amide bonds. The first-order valence-electron chi connectivity index (χ1n) is 11.1. The molecule has 33 heavy (non-hydrogen) atoms. The summed E-state index contributed by atoms with van der Waals surface area (Å²) >= 11 is 1.41. The molecule has 7 heteroatoms. The van der Waals surface area contributed by atoms with Crippen LogP contribution >= 0.6 is 11.3 Å². The number of aromatic nitrogens is 2. The molecule has 2 heterocycles. The summed E-state index contributed by atoms with van der Waals surface area (Å²) in [6, 6.07) is 19.6. The van der Waals surface area contributed by atoms with Crippen LogP contribution in [0.4, 0.5) is 10.1 Å². The van der Waals surface area contributed by atoms with Gasteiger partial charge in [-0.3, -0.25) is 4.79 Å². The van der Waals surface area contributed by atoms with Crippen LogP contribution in [0.25, 0.3) is 20.9 Å². The fraction of sp³-hybridized carbons (Fsp3) is 0.269. The lowest BCUT2D eigenvalue weighted by Crippen LogP contribution is -2.39. The lowest BCUT2D eigenvalue weighted by molar-refractivity contribution is -0.144. The second-order valence-corrected chi connectivity index (χ2v) is 10.0. The van der Waals surface area contributed by atoms with Crippen molar-refractivity contribution in [1.82, 2.24) is 9.97 Å². The van der Waals surface area contributed by atoms with Gasteiger partial charge < -0.3 is 10.4 Å². The van der Waals surface area contributed by atoms with E-state index in [9.17, 15) is 9.18 Å². The molecule has 0 aliphatic heterocycles. The van der Waals surface area contributed by atoms with Gasteiger partial charge in [0.2, 0.25) is 0 Å². The number of carboxylic acids is 1. The third-order valence-corrected chi connectivity index (χ3v) is 7.88. The molecule has 4 aromatic rings. The minimum Gasteiger partial charge on any atom is -0.481 e. The zero-order valence-corrected chi connectivity index (χ0v) is 18.6. The quantitative estimate of drug-likeness (QED) is 0.378. The fourth-order valence-electron chi connectivity index (χ4n) is 4.73. The number of carbonyl (C=O) groups is 1. The Kier molecular flexibility index (Phi) is 4.69. The maximum atomic E-state index is 15.0. The molecule has 166 valence electrons. The Morgan fingerprint density at radius 1 is 1.06 bits per heavy atom. The summed E-state index contributed by atoms with van der Waals surface area (Å²) < 4.78 is 15.0. The van der Waals surface area contributed by atoms with Crippen molar-refractivity contribution >= 4 is 33.3 Å². The first-order valence-corrected chi connectivity index (χ1v) is 12.0. The van der Waals surface area contributed by atoms with Gasteiger partial charge in [0.25, 0.3) is 0 Å². The minimum atomic E-state index is -0.765. The summed E-state index contributed by atoms with van der Waals surface area (Å²) in [5.74, 6) is -1.42. The molecular formula is C26H22FN3O2S. The molecule has 0 saturated heterocycles. The molecule has 0 unspecified atom stereocenters. The van der Waals surface area contributed by atoms with Gasteiger partial charge in [-0.1, -0.05) is 41.7 Å². The van der Waals surface area contributed by atoms with E-state index in [-0.39, 0.29) is 23.2 Å². The number of nitrogens with one attached hydrogen (secondary N) is 1. The SMILES string of the molecule is O=C(O)[C@H]1C[C@@H](Nc2ccc(-c3nc4ccc(C5(c6ccccc6)CC5)nc4s3)c(F)c2)C1. The molecule has 2 aliphatic carbocycles. The predicted molar refractivity (Wildman–Crippen MR) is 127 cm³/mol. The highest BCUT2D eigenvalue weighted by molar-refractivity contribution is 7.21. The van der Waals surface area contributed by atoms with E-state index in [1.165, 1.54) is 23.0 Å². The molecular weight excluding hydrogens is 437 g/mol. The molecule has 2 saturated carbocycles. The zero-order chi connectivity index (χ0) is 22.6. The second-order valence-electron chi connectivity index (χ2n) is 9.03. The first-order chi connectivity index (χ1) is 16.0. The average molecular weight is 460 g/mol. The highest BCUT2D eigenvalue weighted by atomic mass is 32.1. The van der Waals surface area contributed by atoms with Gasteiger partial charge in [-0.15, -0.1) is 0 Å². The van der Waals surface area contributed by atoms with Crippen molar-refractivity contribution in [3.05, 3.63) is 77.7 Å². The Labute approximate surface area is 194 Å². The standard InChI is InChI=1S/C26H22FN3O2S/c27-20-14-17(28-18-12-15(13-18)25(31)32)6-7-19(20)23-29-21-8-9-22(30-24(21)33-23)26(10-11-26)16-4-2-1-3-5-16/h1-9,14-15,18,28H,10-13H2,(H,31,32)/t15-,18+. The van der Waals surface area contributed by atoms with Crippen LogP contribution in [-0.4, -0.2) is 27.1 Å². The molecule has 0 atom stereocenters. The lowest BCUT2D eigenvalue weighted by atomic mass is 9.80. The summed E-state index contributed by atoms with van der Waals surface area (Å²) in [5.41, 5.74) is 4.21. The van der Waals surface area contributed by atoms with E-state index in [4.69, 9.17) is 10.1 Å². The highest BCUT2D eigenvalue weighted by Gasteiger charge is 2.47. The van der Waals surface area contributed by atoms with Crippen LogP contribution in [0.2, 0.25) is 0 Å². The van der Waals surface area contributed by atoms with Crippen LogP contribution in [0.5, 0.6) is 0 Å². The van der Waals surface area contributed by atoms with Crippen molar-refractivity contribution in [2.24, 2.45) is 5.92 Å². The lowest BCUT2D eigenvalue weighted by Gasteiger charge is -2.33. The molecule has 0 bridgehead atoms. The number of anilines is 1. The van der Waals surface area contributed by atoms with Crippen molar-refractivity contribution in [2.45, 2.75) is 37.1 Å².